The Kier molecular flexibility index (Phi) is 2.33. The molecule has 0 fully saturated rings. The van der Waals surface area contributed by atoms with Gasteiger partial charge in [0.2, 0.25) is 0 Å². The van der Waals surface area contributed by atoms with E-state index >= 15 is 0 Å². The molecule has 80 valence electrons. The predicted molar refractivity (Wildman–Crippen MR) is 75.2 cm³/mol. The third kappa shape index (κ3) is 1.69. The molecule has 1 heterocycles. The zero-order valence-corrected chi connectivity index (χ0v) is 10.4. The summed E-state index contributed by atoms with van der Waals surface area (Å²) in [6, 6.07) is 11.2. The Hall–Kier alpha value is -1.55. The van der Waals surface area contributed by atoms with E-state index in [0.717, 1.165) is 20.8 Å². The second-order valence-corrected chi connectivity index (χ2v) is 4.86. The minimum Gasteiger partial charge on any atom is -0.321 e. The summed E-state index contributed by atoms with van der Waals surface area (Å²) in [6.45, 7) is 0. The Morgan fingerprint density at radius 1 is 1.00 bits per heavy atom. The van der Waals surface area contributed by atoms with Gasteiger partial charge in [-0.3, -0.25) is 4.79 Å². The molecule has 1 aromatic heterocycles. The van der Waals surface area contributed by atoms with Crippen molar-refractivity contribution in [1.29, 1.82) is 0 Å². The Bertz CT molecular complexity index is 794. The Morgan fingerprint density at radius 2 is 1.76 bits per heavy atom. The van der Waals surface area contributed by atoms with Gasteiger partial charge in [-0.1, -0.05) is 39.6 Å². The molecule has 4 heteroatoms. The van der Waals surface area contributed by atoms with E-state index in [4.69, 9.17) is 7.85 Å². The number of H-pyrrole nitrogens is 1. The summed E-state index contributed by atoms with van der Waals surface area (Å²) in [5.74, 6) is 0. The van der Waals surface area contributed by atoms with Crippen LogP contribution in [0, 0.1) is 0 Å². The number of benzene rings is 2. The van der Waals surface area contributed by atoms with Crippen molar-refractivity contribution in [3.63, 3.8) is 0 Å². The van der Waals surface area contributed by atoms with Gasteiger partial charge in [-0.05, 0) is 23.6 Å². The van der Waals surface area contributed by atoms with Gasteiger partial charge >= 0.3 is 0 Å². The molecule has 0 spiro atoms. The van der Waals surface area contributed by atoms with Crippen LogP contribution in [0.15, 0.2) is 45.7 Å². The maximum absolute atomic E-state index is 11.9. The number of aromatic amines is 1. The molecule has 17 heavy (non-hydrogen) atoms. The fraction of sp³-hybridized carbons (Fsp3) is 0. The largest absolute Gasteiger partial charge is 0.321 e. The lowest BCUT2D eigenvalue weighted by Gasteiger charge is -2.05. The second-order valence-electron chi connectivity index (χ2n) is 3.95. The van der Waals surface area contributed by atoms with Gasteiger partial charge in [0.1, 0.15) is 7.85 Å². The molecule has 0 atom stereocenters. The van der Waals surface area contributed by atoms with Crippen molar-refractivity contribution in [2.24, 2.45) is 0 Å². The monoisotopic (exact) mass is 283 g/mol. The van der Waals surface area contributed by atoms with E-state index in [1.165, 1.54) is 0 Å². The zero-order valence-electron chi connectivity index (χ0n) is 8.83. The normalized spacial score (nSPS) is 11.1. The number of pyridine rings is 1. The van der Waals surface area contributed by atoms with Crippen molar-refractivity contribution in [3.05, 3.63) is 51.2 Å². The Labute approximate surface area is 107 Å². The summed E-state index contributed by atoms with van der Waals surface area (Å²) in [5, 5.41) is 2.62. The number of rotatable bonds is 0. The summed E-state index contributed by atoms with van der Waals surface area (Å²) in [5.41, 5.74) is 1.31. The molecule has 0 amide bonds. The first kappa shape index (κ1) is 10.6. The molecular formula is C13H7BBrNO. The minimum atomic E-state index is -0.0978. The SMILES string of the molecule is [B]c1ccc2c(c1)[nH]c(=O)c1cc(Br)ccc12. The number of hydrogen-bond acceptors (Lipinski definition) is 1. The summed E-state index contributed by atoms with van der Waals surface area (Å²) < 4.78 is 0.894. The van der Waals surface area contributed by atoms with Gasteiger partial charge < -0.3 is 4.98 Å². The quantitative estimate of drug-likeness (QED) is 0.498. The smallest absolute Gasteiger partial charge is 0.256 e. The van der Waals surface area contributed by atoms with Crippen LogP contribution in [0.4, 0.5) is 0 Å². The molecule has 0 saturated carbocycles. The molecule has 3 rings (SSSR count). The van der Waals surface area contributed by atoms with Gasteiger partial charge in [0, 0.05) is 20.8 Å². The van der Waals surface area contributed by atoms with Gasteiger partial charge in [0.05, 0.1) is 0 Å². The number of hydrogen-bond donors (Lipinski definition) is 1. The van der Waals surface area contributed by atoms with Crippen LogP contribution in [0.25, 0.3) is 21.7 Å². The molecule has 0 saturated heterocycles. The molecule has 2 nitrogen and oxygen atoms in total. The van der Waals surface area contributed by atoms with Crippen molar-refractivity contribution in [2.75, 3.05) is 0 Å². The molecule has 0 aliphatic carbocycles. The van der Waals surface area contributed by atoms with E-state index in [2.05, 4.69) is 20.9 Å². The fourth-order valence-electron chi connectivity index (χ4n) is 2.03. The average molecular weight is 284 g/mol. The second kappa shape index (κ2) is 3.74. The molecule has 2 aromatic carbocycles. The maximum Gasteiger partial charge on any atom is 0.256 e. The van der Waals surface area contributed by atoms with Crippen molar-refractivity contribution in [2.45, 2.75) is 0 Å². The lowest BCUT2D eigenvalue weighted by molar-refractivity contribution is 1.34. The van der Waals surface area contributed by atoms with Crippen LogP contribution in [-0.2, 0) is 0 Å². The first-order chi connectivity index (χ1) is 8.15. The lowest BCUT2D eigenvalue weighted by atomic mass is 9.94. The van der Waals surface area contributed by atoms with E-state index in [0.29, 0.717) is 10.8 Å². The van der Waals surface area contributed by atoms with Crippen LogP contribution < -0.4 is 11.0 Å². The van der Waals surface area contributed by atoms with Crippen LogP contribution in [0.2, 0.25) is 0 Å². The molecule has 0 bridgehead atoms. The standard InChI is InChI=1S/C13H7BBrNO/c14-7-1-3-10-9-4-2-8(15)6-11(9)13(17)16-12(10)5-7/h1-6H,(H,16,17). The number of nitrogens with one attached hydrogen (secondary N) is 1. The van der Waals surface area contributed by atoms with E-state index in [-0.39, 0.29) is 5.56 Å². The van der Waals surface area contributed by atoms with Crippen molar-refractivity contribution >= 4 is 50.9 Å². The summed E-state index contributed by atoms with van der Waals surface area (Å²) in [7, 11) is 5.71. The maximum atomic E-state index is 11.9. The number of fused-ring (bicyclic) bond motifs is 3. The third-order valence-corrected chi connectivity index (χ3v) is 3.30. The van der Waals surface area contributed by atoms with Gasteiger partial charge in [-0.15, -0.1) is 0 Å². The van der Waals surface area contributed by atoms with Gasteiger partial charge in [0.15, 0.2) is 0 Å². The minimum absolute atomic E-state index is 0.0978. The van der Waals surface area contributed by atoms with Crippen LogP contribution in [-0.4, -0.2) is 12.8 Å². The first-order valence-corrected chi connectivity index (χ1v) is 5.95. The molecule has 0 aliphatic rings. The highest BCUT2D eigenvalue weighted by Gasteiger charge is 2.05. The molecule has 0 unspecified atom stereocenters. The highest BCUT2D eigenvalue weighted by molar-refractivity contribution is 9.10. The number of halogens is 1. The third-order valence-electron chi connectivity index (χ3n) is 2.81. The fourth-order valence-corrected chi connectivity index (χ4v) is 2.39. The zero-order chi connectivity index (χ0) is 12.0. The van der Waals surface area contributed by atoms with Crippen molar-refractivity contribution < 1.29 is 0 Å². The van der Waals surface area contributed by atoms with Crippen LogP contribution >= 0.6 is 15.9 Å². The van der Waals surface area contributed by atoms with Gasteiger partial charge in [-0.25, -0.2) is 0 Å². The van der Waals surface area contributed by atoms with E-state index < -0.39 is 0 Å². The molecular weight excluding hydrogens is 277 g/mol. The first-order valence-electron chi connectivity index (χ1n) is 5.16. The van der Waals surface area contributed by atoms with Gasteiger partial charge in [0.25, 0.3) is 5.56 Å². The Balaban J connectivity index is 2.60. The van der Waals surface area contributed by atoms with Crippen LogP contribution in [0.3, 0.4) is 0 Å². The molecule has 2 radical (unpaired) electrons. The lowest BCUT2D eigenvalue weighted by Crippen LogP contribution is -2.09. The Morgan fingerprint density at radius 3 is 2.59 bits per heavy atom. The highest BCUT2D eigenvalue weighted by atomic mass is 79.9. The van der Waals surface area contributed by atoms with Crippen LogP contribution in [0.1, 0.15) is 0 Å². The average Bonchev–Trinajstić information content (AvgIpc) is 2.29. The van der Waals surface area contributed by atoms with Crippen LogP contribution in [0.5, 0.6) is 0 Å². The van der Waals surface area contributed by atoms with Crippen molar-refractivity contribution in [1.82, 2.24) is 4.98 Å². The van der Waals surface area contributed by atoms with E-state index in [1.807, 2.05) is 30.3 Å². The van der Waals surface area contributed by atoms with Gasteiger partial charge in [-0.2, -0.15) is 0 Å². The summed E-state index contributed by atoms with van der Waals surface area (Å²) in [4.78, 5) is 14.8. The van der Waals surface area contributed by atoms with E-state index in [1.54, 1.807) is 6.07 Å². The summed E-state index contributed by atoms with van der Waals surface area (Å²) >= 11 is 3.37. The molecule has 1 N–H and O–H groups in total. The topological polar surface area (TPSA) is 32.9 Å². The number of aromatic nitrogens is 1. The molecule has 3 aromatic rings. The molecule has 0 aliphatic heterocycles. The summed E-state index contributed by atoms with van der Waals surface area (Å²) in [6.07, 6.45) is 0. The highest BCUT2D eigenvalue weighted by Crippen LogP contribution is 2.23. The van der Waals surface area contributed by atoms with E-state index in [9.17, 15) is 4.79 Å². The van der Waals surface area contributed by atoms with Crippen molar-refractivity contribution in [3.8, 4) is 0 Å². The predicted octanol–water partition coefficient (Wildman–Crippen LogP) is 2.24.